The number of rotatable bonds is 7. The smallest absolute Gasteiger partial charge is 0.270 e. The molecule has 2 aromatic carbocycles. The zero-order valence-electron chi connectivity index (χ0n) is 14.8. The summed E-state index contributed by atoms with van der Waals surface area (Å²) in [6.45, 7) is 6.56. The zero-order valence-corrected chi connectivity index (χ0v) is 14.8. The van der Waals surface area contributed by atoms with Gasteiger partial charge in [-0.25, -0.2) is 0 Å². The van der Waals surface area contributed by atoms with Crippen LogP contribution in [-0.2, 0) is 6.54 Å². The molecule has 0 heterocycles. The van der Waals surface area contributed by atoms with Crippen LogP contribution in [0.15, 0.2) is 48.5 Å². The van der Waals surface area contributed by atoms with E-state index in [-0.39, 0.29) is 11.6 Å². The number of amides is 1. The summed E-state index contributed by atoms with van der Waals surface area (Å²) in [4.78, 5) is 26.7. The van der Waals surface area contributed by atoms with E-state index in [1.807, 2.05) is 24.3 Å². The molecule has 132 valence electrons. The monoisotopic (exact) mass is 341 g/mol. The molecule has 6 heteroatoms. The Balaban J connectivity index is 2.08. The first-order chi connectivity index (χ1) is 12.0. The molecule has 0 aromatic heterocycles. The molecule has 2 rings (SSSR count). The number of anilines is 1. The number of carbonyl (C=O) groups is 1. The summed E-state index contributed by atoms with van der Waals surface area (Å²) >= 11 is 0. The maximum Gasteiger partial charge on any atom is 0.270 e. The summed E-state index contributed by atoms with van der Waals surface area (Å²) in [5.74, 6) is -0.239. The van der Waals surface area contributed by atoms with E-state index in [1.165, 1.54) is 18.2 Å². The lowest BCUT2D eigenvalue weighted by Gasteiger charge is -2.22. The van der Waals surface area contributed by atoms with Crippen LogP contribution in [0.5, 0.6) is 0 Å². The van der Waals surface area contributed by atoms with Gasteiger partial charge in [0.15, 0.2) is 0 Å². The van der Waals surface area contributed by atoms with E-state index in [4.69, 9.17) is 0 Å². The van der Waals surface area contributed by atoms with Gasteiger partial charge in [-0.1, -0.05) is 18.2 Å². The molecule has 0 aliphatic heterocycles. The Morgan fingerprint density at radius 3 is 2.28 bits per heavy atom. The molecule has 0 saturated carbocycles. The van der Waals surface area contributed by atoms with Crippen LogP contribution in [0, 0.1) is 10.1 Å². The Kier molecular flexibility index (Phi) is 6.11. The highest BCUT2D eigenvalue weighted by Gasteiger charge is 2.15. The third-order valence-electron chi connectivity index (χ3n) is 4.14. The van der Waals surface area contributed by atoms with Crippen molar-refractivity contribution in [2.24, 2.45) is 0 Å². The second-order valence-corrected chi connectivity index (χ2v) is 5.81. The second kappa shape index (κ2) is 8.28. The first kappa shape index (κ1) is 18.4. The summed E-state index contributed by atoms with van der Waals surface area (Å²) in [6, 6.07) is 13.9. The third-order valence-corrected chi connectivity index (χ3v) is 4.14. The van der Waals surface area contributed by atoms with Gasteiger partial charge in [0.1, 0.15) is 0 Å². The van der Waals surface area contributed by atoms with Crippen LogP contribution in [0.3, 0.4) is 0 Å². The average Bonchev–Trinajstić information content (AvgIpc) is 2.63. The topological polar surface area (TPSA) is 66.7 Å². The first-order valence-corrected chi connectivity index (χ1v) is 8.30. The number of hydrogen-bond donors (Lipinski definition) is 0. The number of benzene rings is 2. The molecule has 0 saturated heterocycles. The molecule has 6 nitrogen and oxygen atoms in total. The molecule has 0 atom stereocenters. The minimum absolute atomic E-state index is 0.0807. The molecule has 0 fully saturated rings. The largest absolute Gasteiger partial charge is 0.372 e. The van der Waals surface area contributed by atoms with E-state index in [1.54, 1.807) is 18.0 Å². The summed E-state index contributed by atoms with van der Waals surface area (Å²) in [5, 5.41) is 10.8. The first-order valence-electron chi connectivity index (χ1n) is 8.30. The van der Waals surface area contributed by atoms with Gasteiger partial charge in [-0.05, 0) is 37.6 Å². The predicted octanol–water partition coefficient (Wildman–Crippen LogP) is 3.71. The van der Waals surface area contributed by atoms with Gasteiger partial charge in [0.05, 0.1) is 4.92 Å². The standard InChI is InChI=1S/C19H23N3O3/c1-4-21(5-2)17-11-9-15(10-12-17)14-20(3)19(23)16-7-6-8-18(13-16)22(24)25/h6-13H,4-5,14H2,1-3H3. The molecule has 2 aromatic rings. The van der Waals surface area contributed by atoms with Gasteiger partial charge in [0, 0.05) is 50.1 Å². The number of carbonyl (C=O) groups excluding carboxylic acids is 1. The SMILES string of the molecule is CCN(CC)c1ccc(CN(C)C(=O)c2cccc([N+](=O)[O-])c2)cc1. The number of nitro benzene ring substituents is 1. The maximum absolute atomic E-state index is 12.5. The molecule has 0 spiro atoms. The van der Waals surface area contributed by atoms with Crippen LogP contribution < -0.4 is 4.90 Å². The van der Waals surface area contributed by atoms with Gasteiger partial charge < -0.3 is 9.80 Å². The normalized spacial score (nSPS) is 10.4. The van der Waals surface area contributed by atoms with Crippen LogP contribution in [0.1, 0.15) is 29.8 Å². The van der Waals surface area contributed by atoms with Crippen LogP contribution in [0.25, 0.3) is 0 Å². The molecular weight excluding hydrogens is 318 g/mol. The maximum atomic E-state index is 12.5. The van der Waals surface area contributed by atoms with Crippen molar-refractivity contribution >= 4 is 17.3 Å². The van der Waals surface area contributed by atoms with Gasteiger partial charge in [-0.15, -0.1) is 0 Å². The molecule has 0 unspecified atom stereocenters. The minimum Gasteiger partial charge on any atom is -0.372 e. The Morgan fingerprint density at radius 1 is 1.08 bits per heavy atom. The summed E-state index contributed by atoms with van der Waals surface area (Å²) in [6.07, 6.45) is 0. The third kappa shape index (κ3) is 4.56. The predicted molar refractivity (Wildman–Crippen MR) is 98.9 cm³/mol. The highest BCUT2D eigenvalue weighted by atomic mass is 16.6. The summed E-state index contributed by atoms with van der Waals surface area (Å²) in [5.41, 5.74) is 2.40. The zero-order chi connectivity index (χ0) is 18.4. The fourth-order valence-corrected chi connectivity index (χ4v) is 2.72. The number of hydrogen-bond acceptors (Lipinski definition) is 4. The van der Waals surface area contributed by atoms with E-state index < -0.39 is 4.92 Å². The lowest BCUT2D eigenvalue weighted by atomic mass is 10.1. The Morgan fingerprint density at radius 2 is 1.72 bits per heavy atom. The van der Waals surface area contributed by atoms with E-state index in [0.717, 1.165) is 24.3 Å². The van der Waals surface area contributed by atoms with Crippen molar-refractivity contribution in [1.82, 2.24) is 4.90 Å². The van der Waals surface area contributed by atoms with Crippen LogP contribution in [-0.4, -0.2) is 35.9 Å². The lowest BCUT2D eigenvalue weighted by molar-refractivity contribution is -0.384. The van der Waals surface area contributed by atoms with Crippen molar-refractivity contribution < 1.29 is 9.72 Å². The summed E-state index contributed by atoms with van der Waals surface area (Å²) < 4.78 is 0. The van der Waals surface area contributed by atoms with E-state index >= 15 is 0 Å². The van der Waals surface area contributed by atoms with E-state index in [2.05, 4.69) is 18.7 Å². The van der Waals surface area contributed by atoms with Crippen molar-refractivity contribution in [2.45, 2.75) is 20.4 Å². The molecule has 1 amide bonds. The Hall–Kier alpha value is -2.89. The van der Waals surface area contributed by atoms with Gasteiger partial charge in [0.2, 0.25) is 0 Å². The van der Waals surface area contributed by atoms with E-state index in [9.17, 15) is 14.9 Å². The van der Waals surface area contributed by atoms with Crippen molar-refractivity contribution in [2.75, 3.05) is 25.0 Å². The van der Waals surface area contributed by atoms with Crippen LogP contribution in [0.4, 0.5) is 11.4 Å². The molecule has 0 aliphatic carbocycles. The average molecular weight is 341 g/mol. The minimum atomic E-state index is -0.497. The lowest BCUT2D eigenvalue weighted by Crippen LogP contribution is -2.26. The Bertz CT molecular complexity index is 740. The Labute approximate surface area is 147 Å². The molecule has 0 radical (unpaired) electrons. The molecule has 25 heavy (non-hydrogen) atoms. The van der Waals surface area contributed by atoms with Crippen molar-refractivity contribution in [3.05, 3.63) is 69.8 Å². The number of nitrogens with zero attached hydrogens (tertiary/aromatic N) is 3. The molecular formula is C19H23N3O3. The fourth-order valence-electron chi connectivity index (χ4n) is 2.72. The van der Waals surface area contributed by atoms with Crippen molar-refractivity contribution in [1.29, 1.82) is 0 Å². The van der Waals surface area contributed by atoms with E-state index in [0.29, 0.717) is 12.1 Å². The number of non-ortho nitro benzene ring substituents is 1. The quantitative estimate of drug-likeness (QED) is 0.569. The van der Waals surface area contributed by atoms with Gasteiger partial charge in [-0.3, -0.25) is 14.9 Å². The highest BCUT2D eigenvalue weighted by molar-refractivity contribution is 5.94. The number of nitro groups is 1. The molecule has 0 N–H and O–H groups in total. The molecule has 0 aliphatic rings. The van der Waals surface area contributed by atoms with Crippen molar-refractivity contribution in [3.63, 3.8) is 0 Å². The van der Waals surface area contributed by atoms with Gasteiger partial charge >= 0.3 is 0 Å². The van der Waals surface area contributed by atoms with Crippen molar-refractivity contribution in [3.8, 4) is 0 Å². The van der Waals surface area contributed by atoms with Gasteiger partial charge in [-0.2, -0.15) is 0 Å². The van der Waals surface area contributed by atoms with Crippen LogP contribution in [0.2, 0.25) is 0 Å². The fraction of sp³-hybridized carbons (Fsp3) is 0.316. The highest BCUT2D eigenvalue weighted by Crippen LogP contribution is 2.18. The molecule has 0 bridgehead atoms. The summed E-state index contributed by atoms with van der Waals surface area (Å²) in [7, 11) is 1.69. The second-order valence-electron chi connectivity index (χ2n) is 5.81. The van der Waals surface area contributed by atoms with Crippen LogP contribution >= 0.6 is 0 Å². The van der Waals surface area contributed by atoms with Gasteiger partial charge in [0.25, 0.3) is 11.6 Å².